The van der Waals surface area contributed by atoms with E-state index in [-0.39, 0.29) is 0 Å². The standard InChI is InChI=1S/C10H22N2O2S/c1-2-3-5-8-11-15(13,14)12-9-6-4-7-10-12/h11H,2-10H2,1H3. The highest BCUT2D eigenvalue weighted by Crippen LogP contribution is 2.11. The zero-order chi connectivity index (χ0) is 11.1. The normalized spacial score (nSPS) is 19.3. The lowest BCUT2D eigenvalue weighted by Gasteiger charge is -2.25. The third-order valence-electron chi connectivity index (χ3n) is 2.72. The fraction of sp³-hybridized carbons (Fsp3) is 1.00. The van der Waals surface area contributed by atoms with E-state index in [0.29, 0.717) is 19.6 Å². The monoisotopic (exact) mass is 234 g/mol. The maximum Gasteiger partial charge on any atom is 0.279 e. The van der Waals surface area contributed by atoms with Gasteiger partial charge in [-0.2, -0.15) is 12.7 Å². The zero-order valence-electron chi connectivity index (χ0n) is 9.54. The Bertz CT molecular complexity index is 259. The number of rotatable bonds is 6. The summed E-state index contributed by atoms with van der Waals surface area (Å²) >= 11 is 0. The van der Waals surface area contributed by atoms with Gasteiger partial charge in [0.15, 0.2) is 0 Å². The van der Waals surface area contributed by atoms with Crippen molar-refractivity contribution in [1.29, 1.82) is 0 Å². The predicted molar refractivity (Wildman–Crippen MR) is 61.9 cm³/mol. The summed E-state index contributed by atoms with van der Waals surface area (Å²) in [5.74, 6) is 0. The molecule has 0 radical (unpaired) electrons. The average molecular weight is 234 g/mol. The van der Waals surface area contributed by atoms with Crippen molar-refractivity contribution in [3.8, 4) is 0 Å². The molecule has 0 amide bonds. The summed E-state index contributed by atoms with van der Waals surface area (Å²) in [7, 11) is -3.18. The van der Waals surface area contributed by atoms with Gasteiger partial charge in [0.1, 0.15) is 0 Å². The summed E-state index contributed by atoms with van der Waals surface area (Å²) in [5.41, 5.74) is 0. The van der Waals surface area contributed by atoms with Gasteiger partial charge in [-0.3, -0.25) is 0 Å². The van der Waals surface area contributed by atoms with E-state index >= 15 is 0 Å². The second kappa shape index (κ2) is 6.45. The van der Waals surface area contributed by atoms with Gasteiger partial charge in [-0.15, -0.1) is 0 Å². The van der Waals surface area contributed by atoms with Gasteiger partial charge in [0, 0.05) is 19.6 Å². The molecule has 0 atom stereocenters. The van der Waals surface area contributed by atoms with Crippen LogP contribution in [-0.2, 0) is 10.2 Å². The maximum atomic E-state index is 11.8. The lowest BCUT2D eigenvalue weighted by atomic mass is 10.2. The van der Waals surface area contributed by atoms with E-state index in [0.717, 1.165) is 38.5 Å². The van der Waals surface area contributed by atoms with Crippen LogP contribution in [0.2, 0.25) is 0 Å². The van der Waals surface area contributed by atoms with Gasteiger partial charge >= 0.3 is 0 Å². The van der Waals surface area contributed by atoms with Crippen LogP contribution in [0.3, 0.4) is 0 Å². The minimum Gasteiger partial charge on any atom is -0.202 e. The summed E-state index contributed by atoms with van der Waals surface area (Å²) in [4.78, 5) is 0. The van der Waals surface area contributed by atoms with Crippen LogP contribution in [0.5, 0.6) is 0 Å². The van der Waals surface area contributed by atoms with Gasteiger partial charge in [0.2, 0.25) is 0 Å². The van der Waals surface area contributed by atoms with Gasteiger partial charge < -0.3 is 0 Å². The van der Waals surface area contributed by atoms with E-state index in [9.17, 15) is 8.42 Å². The molecule has 1 N–H and O–H groups in total. The summed E-state index contributed by atoms with van der Waals surface area (Å²) in [6.07, 6.45) is 6.28. The Labute approximate surface area is 93.2 Å². The summed E-state index contributed by atoms with van der Waals surface area (Å²) < 4.78 is 27.8. The smallest absolute Gasteiger partial charge is 0.202 e. The van der Waals surface area contributed by atoms with Gasteiger partial charge in [-0.1, -0.05) is 26.2 Å². The van der Waals surface area contributed by atoms with Crippen molar-refractivity contribution in [3.63, 3.8) is 0 Å². The molecule has 0 bridgehead atoms. The molecule has 0 saturated carbocycles. The Morgan fingerprint density at radius 1 is 1.13 bits per heavy atom. The molecule has 0 aromatic rings. The molecule has 0 aromatic carbocycles. The largest absolute Gasteiger partial charge is 0.279 e. The van der Waals surface area contributed by atoms with Crippen molar-refractivity contribution in [2.75, 3.05) is 19.6 Å². The molecule has 0 aromatic heterocycles. The SMILES string of the molecule is CCCCCNS(=O)(=O)N1CCCCC1. The van der Waals surface area contributed by atoms with Crippen molar-refractivity contribution in [1.82, 2.24) is 9.03 Å². The van der Waals surface area contributed by atoms with Crippen LogP contribution < -0.4 is 4.72 Å². The highest BCUT2D eigenvalue weighted by atomic mass is 32.2. The Hall–Kier alpha value is -0.130. The van der Waals surface area contributed by atoms with Crippen LogP contribution in [0.1, 0.15) is 45.4 Å². The molecule has 0 aliphatic carbocycles. The van der Waals surface area contributed by atoms with Gasteiger partial charge in [-0.25, -0.2) is 4.72 Å². The molecule has 1 rings (SSSR count). The summed E-state index contributed by atoms with van der Waals surface area (Å²) in [6, 6.07) is 0. The molecular formula is C10H22N2O2S. The van der Waals surface area contributed by atoms with Crippen LogP contribution in [0.4, 0.5) is 0 Å². The first-order valence-corrected chi connectivity index (χ1v) is 7.35. The molecule has 0 unspecified atom stereocenters. The average Bonchev–Trinajstić information content (AvgIpc) is 2.26. The Morgan fingerprint density at radius 2 is 1.80 bits per heavy atom. The molecule has 15 heavy (non-hydrogen) atoms. The molecule has 0 spiro atoms. The highest BCUT2D eigenvalue weighted by molar-refractivity contribution is 7.87. The minimum atomic E-state index is -3.18. The van der Waals surface area contributed by atoms with Crippen molar-refractivity contribution < 1.29 is 8.42 Å². The van der Waals surface area contributed by atoms with Crippen molar-refractivity contribution in [2.45, 2.75) is 45.4 Å². The maximum absolute atomic E-state index is 11.8. The van der Waals surface area contributed by atoms with Crippen molar-refractivity contribution >= 4 is 10.2 Å². The molecule has 1 saturated heterocycles. The van der Waals surface area contributed by atoms with Crippen LogP contribution in [-0.4, -0.2) is 32.4 Å². The summed E-state index contributed by atoms with van der Waals surface area (Å²) in [6.45, 7) is 4.05. The van der Waals surface area contributed by atoms with Crippen LogP contribution in [0.25, 0.3) is 0 Å². The highest BCUT2D eigenvalue weighted by Gasteiger charge is 2.22. The van der Waals surface area contributed by atoms with E-state index in [1.165, 1.54) is 0 Å². The number of piperidine rings is 1. The molecule has 1 aliphatic heterocycles. The number of nitrogens with zero attached hydrogens (tertiary/aromatic N) is 1. The lowest BCUT2D eigenvalue weighted by molar-refractivity contribution is 0.341. The van der Waals surface area contributed by atoms with Crippen LogP contribution >= 0.6 is 0 Å². The number of hydrogen-bond donors (Lipinski definition) is 1. The van der Waals surface area contributed by atoms with E-state index in [2.05, 4.69) is 11.6 Å². The quantitative estimate of drug-likeness (QED) is 0.708. The Kier molecular flexibility index (Phi) is 5.56. The van der Waals surface area contributed by atoms with E-state index in [4.69, 9.17) is 0 Å². The van der Waals surface area contributed by atoms with Crippen LogP contribution in [0, 0.1) is 0 Å². The van der Waals surface area contributed by atoms with E-state index < -0.39 is 10.2 Å². The zero-order valence-corrected chi connectivity index (χ0v) is 10.4. The summed E-state index contributed by atoms with van der Waals surface area (Å²) in [5, 5.41) is 0. The molecule has 1 fully saturated rings. The first-order chi connectivity index (χ1) is 7.17. The van der Waals surface area contributed by atoms with E-state index in [1.807, 2.05) is 0 Å². The van der Waals surface area contributed by atoms with Crippen molar-refractivity contribution in [2.24, 2.45) is 0 Å². The number of nitrogens with one attached hydrogen (secondary N) is 1. The number of hydrogen-bond acceptors (Lipinski definition) is 2. The molecular weight excluding hydrogens is 212 g/mol. The Balaban J connectivity index is 2.30. The Morgan fingerprint density at radius 3 is 2.40 bits per heavy atom. The molecule has 4 nitrogen and oxygen atoms in total. The first kappa shape index (κ1) is 12.9. The first-order valence-electron chi connectivity index (χ1n) is 5.91. The second-order valence-corrected chi connectivity index (χ2v) is 5.82. The van der Waals surface area contributed by atoms with Crippen LogP contribution in [0.15, 0.2) is 0 Å². The minimum absolute atomic E-state index is 0.576. The predicted octanol–water partition coefficient (Wildman–Crippen LogP) is 1.50. The van der Waals surface area contributed by atoms with Gasteiger partial charge in [0.25, 0.3) is 10.2 Å². The fourth-order valence-electron chi connectivity index (χ4n) is 1.77. The lowest BCUT2D eigenvalue weighted by Crippen LogP contribution is -2.43. The second-order valence-electron chi connectivity index (χ2n) is 4.07. The topological polar surface area (TPSA) is 49.4 Å². The van der Waals surface area contributed by atoms with Gasteiger partial charge in [-0.05, 0) is 19.3 Å². The molecule has 90 valence electrons. The third kappa shape index (κ3) is 4.49. The third-order valence-corrected chi connectivity index (χ3v) is 4.33. The number of unbranched alkanes of at least 4 members (excludes halogenated alkanes) is 2. The molecule has 1 aliphatic rings. The van der Waals surface area contributed by atoms with E-state index in [1.54, 1.807) is 4.31 Å². The molecule has 1 heterocycles. The van der Waals surface area contributed by atoms with Crippen molar-refractivity contribution in [3.05, 3.63) is 0 Å². The van der Waals surface area contributed by atoms with Gasteiger partial charge in [0.05, 0.1) is 0 Å². The molecule has 5 heteroatoms. The fourth-order valence-corrected chi connectivity index (χ4v) is 3.10.